The predicted molar refractivity (Wildman–Crippen MR) is 106 cm³/mol. The Bertz CT molecular complexity index is 999. The number of amides is 1. The molecule has 0 aliphatic carbocycles. The fraction of sp³-hybridized carbons (Fsp3) is 0.0476. The second kappa shape index (κ2) is 7.06. The maximum atomic E-state index is 12.1. The van der Waals surface area contributed by atoms with Crippen LogP contribution in [0.15, 0.2) is 87.7 Å². The topological polar surface area (TPSA) is 53.5 Å². The highest BCUT2D eigenvalue weighted by Gasteiger charge is 2.16. The molecule has 2 N–H and O–H groups in total. The van der Waals surface area contributed by atoms with Gasteiger partial charge in [-0.1, -0.05) is 48.2 Å². The van der Waals surface area contributed by atoms with Crippen molar-refractivity contribution in [3.63, 3.8) is 0 Å². The van der Waals surface area contributed by atoms with Crippen molar-refractivity contribution in [1.82, 2.24) is 5.43 Å². The van der Waals surface area contributed by atoms with Crippen molar-refractivity contribution >= 4 is 34.8 Å². The standard InChI is InChI=1S/C21H17N3OS/c1-14(23-24-21(25)15-7-3-2-4-8-15)16-11-12-20-18(13-16)22-17-9-5-6-10-19(17)26-20/h2-13,22H,1H3,(H,24,25)/b23-14-. The van der Waals surface area contributed by atoms with E-state index >= 15 is 0 Å². The van der Waals surface area contributed by atoms with Gasteiger partial charge >= 0.3 is 0 Å². The minimum atomic E-state index is -0.217. The van der Waals surface area contributed by atoms with Crippen molar-refractivity contribution in [2.45, 2.75) is 16.7 Å². The van der Waals surface area contributed by atoms with E-state index in [-0.39, 0.29) is 5.91 Å². The van der Waals surface area contributed by atoms with Gasteiger partial charge in [-0.2, -0.15) is 5.10 Å². The van der Waals surface area contributed by atoms with Crippen molar-refractivity contribution in [3.8, 4) is 0 Å². The molecule has 5 heteroatoms. The number of fused-ring (bicyclic) bond motifs is 2. The molecule has 26 heavy (non-hydrogen) atoms. The van der Waals surface area contributed by atoms with Crippen molar-refractivity contribution in [2.24, 2.45) is 5.10 Å². The van der Waals surface area contributed by atoms with Crippen molar-refractivity contribution in [3.05, 3.63) is 83.9 Å². The molecule has 4 rings (SSSR count). The lowest BCUT2D eigenvalue weighted by molar-refractivity contribution is 0.0955. The van der Waals surface area contributed by atoms with E-state index in [9.17, 15) is 4.79 Å². The Morgan fingerprint density at radius 2 is 1.62 bits per heavy atom. The van der Waals surface area contributed by atoms with Crippen LogP contribution in [-0.2, 0) is 0 Å². The van der Waals surface area contributed by atoms with E-state index in [2.05, 4.69) is 40.1 Å². The lowest BCUT2D eigenvalue weighted by Crippen LogP contribution is -2.19. The first kappa shape index (κ1) is 16.4. The number of benzene rings is 3. The highest BCUT2D eigenvalue weighted by atomic mass is 32.2. The SMILES string of the molecule is C/C(=N/NC(=O)c1ccccc1)c1ccc2c(c1)Nc1ccccc1S2. The monoisotopic (exact) mass is 359 g/mol. The minimum Gasteiger partial charge on any atom is -0.354 e. The molecule has 1 aliphatic rings. The molecule has 0 saturated heterocycles. The van der Waals surface area contributed by atoms with Gasteiger partial charge in [0.1, 0.15) is 0 Å². The first-order chi connectivity index (χ1) is 12.7. The molecule has 0 aromatic heterocycles. The van der Waals surface area contributed by atoms with Gasteiger partial charge in [0.15, 0.2) is 0 Å². The summed E-state index contributed by atoms with van der Waals surface area (Å²) < 4.78 is 0. The van der Waals surface area contributed by atoms with Gasteiger partial charge in [-0.15, -0.1) is 0 Å². The van der Waals surface area contributed by atoms with Crippen LogP contribution in [0.1, 0.15) is 22.8 Å². The second-order valence-electron chi connectivity index (χ2n) is 5.94. The third kappa shape index (κ3) is 3.34. The summed E-state index contributed by atoms with van der Waals surface area (Å²) in [6.45, 7) is 1.89. The van der Waals surface area contributed by atoms with Gasteiger partial charge in [-0.3, -0.25) is 4.79 Å². The number of carbonyl (C=O) groups excluding carboxylic acids is 1. The van der Waals surface area contributed by atoms with Gasteiger partial charge in [0.05, 0.1) is 17.1 Å². The molecule has 0 fully saturated rings. The number of carbonyl (C=O) groups is 1. The first-order valence-corrected chi connectivity index (χ1v) is 9.10. The highest BCUT2D eigenvalue weighted by Crippen LogP contribution is 2.44. The maximum absolute atomic E-state index is 12.1. The van der Waals surface area contributed by atoms with Crippen LogP contribution in [0, 0.1) is 0 Å². The number of para-hydroxylation sites is 1. The average molecular weight is 359 g/mol. The van der Waals surface area contributed by atoms with Crippen LogP contribution in [-0.4, -0.2) is 11.6 Å². The van der Waals surface area contributed by atoms with E-state index in [0.29, 0.717) is 5.56 Å². The third-order valence-electron chi connectivity index (χ3n) is 4.13. The number of anilines is 2. The normalized spacial score (nSPS) is 12.6. The van der Waals surface area contributed by atoms with E-state index in [1.54, 1.807) is 23.9 Å². The molecular weight excluding hydrogens is 342 g/mol. The van der Waals surface area contributed by atoms with Gasteiger partial charge in [-0.05, 0) is 48.9 Å². The van der Waals surface area contributed by atoms with Gasteiger partial charge in [0.25, 0.3) is 5.91 Å². The molecule has 0 saturated carbocycles. The molecule has 4 nitrogen and oxygen atoms in total. The quantitative estimate of drug-likeness (QED) is 0.398. The number of rotatable bonds is 3. The van der Waals surface area contributed by atoms with Crippen LogP contribution in [0.3, 0.4) is 0 Å². The largest absolute Gasteiger partial charge is 0.354 e. The molecule has 128 valence electrons. The highest BCUT2D eigenvalue weighted by molar-refractivity contribution is 7.99. The number of hydrogen-bond acceptors (Lipinski definition) is 4. The van der Waals surface area contributed by atoms with Gasteiger partial charge in [0.2, 0.25) is 0 Å². The number of hydrazone groups is 1. The average Bonchev–Trinajstić information content (AvgIpc) is 2.70. The molecule has 1 heterocycles. The molecule has 1 amide bonds. The summed E-state index contributed by atoms with van der Waals surface area (Å²) in [5.41, 5.74) is 7.08. The van der Waals surface area contributed by atoms with Gasteiger partial charge in [0, 0.05) is 15.4 Å². The Morgan fingerprint density at radius 3 is 2.46 bits per heavy atom. The van der Waals surface area contributed by atoms with Crippen LogP contribution in [0.4, 0.5) is 11.4 Å². The van der Waals surface area contributed by atoms with E-state index in [0.717, 1.165) is 22.6 Å². The summed E-state index contributed by atoms with van der Waals surface area (Å²) in [6.07, 6.45) is 0. The Hall–Kier alpha value is -3.05. The summed E-state index contributed by atoms with van der Waals surface area (Å²) in [5.74, 6) is -0.217. The van der Waals surface area contributed by atoms with Crippen molar-refractivity contribution < 1.29 is 4.79 Å². The van der Waals surface area contributed by atoms with Crippen LogP contribution in [0.2, 0.25) is 0 Å². The Kier molecular flexibility index (Phi) is 4.46. The smallest absolute Gasteiger partial charge is 0.271 e. The summed E-state index contributed by atoms with van der Waals surface area (Å²) >= 11 is 1.75. The van der Waals surface area contributed by atoms with E-state index in [4.69, 9.17) is 0 Å². The molecule has 0 bridgehead atoms. The summed E-state index contributed by atoms with van der Waals surface area (Å²) in [5, 5.41) is 7.71. The lowest BCUT2D eigenvalue weighted by atomic mass is 10.1. The van der Waals surface area contributed by atoms with Crippen LogP contribution in [0.5, 0.6) is 0 Å². The Labute approximate surface area is 156 Å². The summed E-state index contributed by atoms with van der Waals surface area (Å²) in [6, 6.07) is 23.5. The minimum absolute atomic E-state index is 0.217. The van der Waals surface area contributed by atoms with E-state index in [1.165, 1.54) is 9.79 Å². The molecule has 0 atom stereocenters. The van der Waals surface area contributed by atoms with Crippen molar-refractivity contribution in [2.75, 3.05) is 5.32 Å². The molecule has 1 aliphatic heterocycles. The van der Waals surface area contributed by atoms with Gasteiger partial charge in [-0.25, -0.2) is 5.43 Å². The Morgan fingerprint density at radius 1 is 0.885 bits per heavy atom. The predicted octanol–water partition coefficient (Wildman–Crippen LogP) is 5.05. The molecule has 0 radical (unpaired) electrons. The first-order valence-electron chi connectivity index (χ1n) is 8.29. The molecular formula is C21H17N3OS. The third-order valence-corrected chi connectivity index (χ3v) is 5.29. The molecule has 3 aromatic carbocycles. The van der Waals surface area contributed by atoms with Crippen LogP contribution < -0.4 is 10.7 Å². The fourth-order valence-electron chi connectivity index (χ4n) is 2.72. The van der Waals surface area contributed by atoms with E-state index < -0.39 is 0 Å². The number of nitrogens with one attached hydrogen (secondary N) is 2. The van der Waals surface area contributed by atoms with E-state index in [1.807, 2.05) is 43.3 Å². The zero-order chi connectivity index (χ0) is 17.9. The van der Waals surface area contributed by atoms with Crippen molar-refractivity contribution in [1.29, 1.82) is 0 Å². The molecule has 0 spiro atoms. The second-order valence-corrected chi connectivity index (χ2v) is 7.02. The summed E-state index contributed by atoms with van der Waals surface area (Å²) in [7, 11) is 0. The van der Waals surface area contributed by atoms with Gasteiger partial charge < -0.3 is 5.32 Å². The van der Waals surface area contributed by atoms with Crippen LogP contribution >= 0.6 is 11.8 Å². The Balaban J connectivity index is 1.53. The zero-order valence-electron chi connectivity index (χ0n) is 14.2. The lowest BCUT2D eigenvalue weighted by Gasteiger charge is -2.21. The molecule has 3 aromatic rings. The zero-order valence-corrected chi connectivity index (χ0v) is 15.0. The number of hydrogen-bond donors (Lipinski definition) is 2. The summed E-state index contributed by atoms with van der Waals surface area (Å²) in [4.78, 5) is 14.5. The molecule has 0 unspecified atom stereocenters. The van der Waals surface area contributed by atoms with Crippen LogP contribution in [0.25, 0.3) is 0 Å². The number of nitrogens with zero attached hydrogens (tertiary/aromatic N) is 1. The maximum Gasteiger partial charge on any atom is 0.271 e. The fourth-order valence-corrected chi connectivity index (χ4v) is 3.69.